The van der Waals surface area contributed by atoms with Crippen LogP contribution in [0, 0.1) is 17.7 Å². The molecule has 0 unspecified atom stereocenters. The number of H-pyrrole nitrogens is 1. The second-order valence-corrected chi connectivity index (χ2v) is 9.73. The summed E-state index contributed by atoms with van der Waals surface area (Å²) in [5, 5.41) is 16.8. The fraction of sp³-hybridized carbons (Fsp3) is 0.308. The minimum absolute atomic E-state index is 0.109. The molecule has 2 aromatic carbocycles. The molecule has 3 heterocycles. The van der Waals surface area contributed by atoms with Gasteiger partial charge in [0.1, 0.15) is 17.2 Å². The van der Waals surface area contributed by atoms with E-state index in [1.165, 1.54) is 12.1 Å². The molecule has 1 aliphatic heterocycles. The SMILES string of the molecule is CC[C@]1(c2ccccc2F)[C@@H]2CCN(c3cnc4c(-c5ccc(C(=O)O)cc5Cl)[nH]nc4n3)C[C@@H]21. The molecule has 0 radical (unpaired) electrons. The average Bonchev–Trinajstić information content (AvgIpc) is 3.33. The summed E-state index contributed by atoms with van der Waals surface area (Å²) in [6.07, 6.45) is 3.62. The summed E-state index contributed by atoms with van der Waals surface area (Å²) in [4.78, 5) is 22.8. The fourth-order valence-electron chi connectivity index (χ4n) is 6.12. The van der Waals surface area contributed by atoms with E-state index in [9.17, 15) is 14.3 Å². The lowest BCUT2D eigenvalue weighted by molar-refractivity contribution is 0.0697. The number of aromatic nitrogens is 4. The Morgan fingerprint density at radius 1 is 1.29 bits per heavy atom. The molecule has 178 valence electrons. The van der Waals surface area contributed by atoms with Gasteiger partial charge in [0, 0.05) is 24.1 Å². The summed E-state index contributed by atoms with van der Waals surface area (Å²) in [5.74, 6) is 0.434. The minimum atomic E-state index is -1.04. The molecule has 6 rings (SSSR count). The van der Waals surface area contributed by atoms with Crippen LogP contribution >= 0.6 is 11.6 Å². The largest absolute Gasteiger partial charge is 0.478 e. The Bertz CT molecular complexity index is 1470. The van der Waals surface area contributed by atoms with Gasteiger partial charge in [-0.3, -0.25) is 5.10 Å². The minimum Gasteiger partial charge on any atom is -0.478 e. The van der Waals surface area contributed by atoms with E-state index in [0.29, 0.717) is 39.3 Å². The van der Waals surface area contributed by atoms with Gasteiger partial charge in [-0.05, 0) is 48.4 Å². The zero-order valence-electron chi connectivity index (χ0n) is 19.0. The standard InChI is InChI=1S/C26H23ClFN5O2/c1-2-26(17-5-3-4-6-20(17)28)16-9-10-33(13-18(16)26)21-12-29-23-22(31-32-24(23)30-21)15-8-7-14(25(34)35)11-19(15)27/h3-8,11-12,16,18H,2,9-10,13H2,1H3,(H,34,35)(H,30,31,32)/t16-,18+,26-/m1/s1. The number of halogens is 2. The number of carboxylic acid groups (broad SMARTS) is 1. The van der Waals surface area contributed by atoms with Crippen LogP contribution in [0.1, 0.15) is 35.7 Å². The monoisotopic (exact) mass is 491 g/mol. The van der Waals surface area contributed by atoms with Crippen molar-refractivity contribution in [3.63, 3.8) is 0 Å². The lowest BCUT2D eigenvalue weighted by Gasteiger charge is -2.26. The summed E-state index contributed by atoms with van der Waals surface area (Å²) in [5.41, 5.74) is 3.06. The van der Waals surface area contributed by atoms with E-state index in [0.717, 1.165) is 37.3 Å². The van der Waals surface area contributed by atoms with Crippen molar-refractivity contribution in [3.8, 4) is 11.3 Å². The van der Waals surface area contributed by atoms with Crippen LogP contribution < -0.4 is 4.90 Å². The number of fused-ring (bicyclic) bond motifs is 2. The topological polar surface area (TPSA) is 95.0 Å². The van der Waals surface area contributed by atoms with Crippen LogP contribution in [0.5, 0.6) is 0 Å². The van der Waals surface area contributed by atoms with Gasteiger partial charge in [0.2, 0.25) is 5.65 Å². The number of aromatic amines is 1. The van der Waals surface area contributed by atoms with E-state index in [-0.39, 0.29) is 16.8 Å². The maximum absolute atomic E-state index is 14.7. The van der Waals surface area contributed by atoms with Crippen LogP contribution in [-0.2, 0) is 5.41 Å². The Labute approximate surface area is 206 Å². The van der Waals surface area contributed by atoms with E-state index >= 15 is 0 Å². The molecule has 2 aromatic heterocycles. The van der Waals surface area contributed by atoms with Gasteiger partial charge >= 0.3 is 5.97 Å². The molecule has 4 aromatic rings. The second kappa shape index (κ2) is 8.02. The van der Waals surface area contributed by atoms with Gasteiger partial charge in [0.05, 0.1) is 22.5 Å². The first-order valence-corrected chi connectivity index (χ1v) is 12.1. The first-order chi connectivity index (χ1) is 16.9. The molecule has 1 saturated heterocycles. The molecule has 1 saturated carbocycles. The van der Waals surface area contributed by atoms with Gasteiger partial charge in [-0.2, -0.15) is 5.10 Å². The van der Waals surface area contributed by atoms with Crippen LogP contribution in [0.3, 0.4) is 0 Å². The fourth-order valence-corrected chi connectivity index (χ4v) is 6.39. The van der Waals surface area contributed by atoms with Crippen molar-refractivity contribution in [2.45, 2.75) is 25.2 Å². The molecule has 7 nitrogen and oxygen atoms in total. The molecular formula is C26H23ClFN5O2. The third-order valence-electron chi connectivity index (χ3n) is 7.85. The average molecular weight is 492 g/mol. The number of anilines is 1. The number of carbonyl (C=O) groups is 1. The van der Waals surface area contributed by atoms with Crippen LogP contribution in [0.2, 0.25) is 5.02 Å². The highest BCUT2D eigenvalue weighted by atomic mass is 35.5. The number of carboxylic acids is 1. The molecule has 2 aliphatic rings. The Morgan fingerprint density at radius 2 is 2.11 bits per heavy atom. The molecule has 35 heavy (non-hydrogen) atoms. The predicted octanol–water partition coefficient (Wildman–Crippen LogP) is 5.31. The highest BCUT2D eigenvalue weighted by Gasteiger charge is 2.65. The van der Waals surface area contributed by atoms with Crippen molar-refractivity contribution in [3.05, 3.63) is 70.6 Å². The van der Waals surface area contributed by atoms with Crippen LogP contribution in [-0.4, -0.2) is 44.3 Å². The Kier molecular flexibility index (Phi) is 5.03. The molecule has 2 N–H and O–H groups in total. The van der Waals surface area contributed by atoms with E-state index in [1.807, 2.05) is 12.1 Å². The zero-order chi connectivity index (χ0) is 24.3. The molecule has 1 aliphatic carbocycles. The summed E-state index contributed by atoms with van der Waals surface area (Å²) >= 11 is 6.35. The smallest absolute Gasteiger partial charge is 0.335 e. The van der Waals surface area contributed by atoms with Gasteiger partial charge < -0.3 is 10.0 Å². The maximum Gasteiger partial charge on any atom is 0.335 e. The van der Waals surface area contributed by atoms with Gasteiger partial charge in [-0.15, -0.1) is 0 Å². The summed E-state index contributed by atoms with van der Waals surface area (Å²) in [7, 11) is 0. The number of nitrogens with one attached hydrogen (secondary N) is 1. The van der Waals surface area contributed by atoms with Crippen molar-refractivity contribution >= 4 is 34.6 Å². The van der Waals surface area contributed by atoms with Crippen molar-refractivity contribution in [1.29, 1.82) is 0 Å². The lowest BCUT2D eigenvalue weighted by Crippen LogP contribution is -2.32. The van der Waals surface area contributed by atoms with Crippen molar-refractivity contribution in [2.75, 3.05) is 18.0 Å². The summed E-state index contributed by atoms with van der Waals surface area (Å²) in [6.45, 7) is 3.78. The van der Waals surface area contributed by atoms with Crippen LogP contribution in [0.15, 0.2) is 48.7 Å². The summed E-state index contributed by atoms with van der Waals surface area (Å²) < 4.78 is 14.7. The number of hydrogen-bond donors (Lipinski definition) is 2. The number of nitrogens with zero attached hydrogens (tertiary/aromatic N) is 4. The Morgan fingerprint density at radius 3 is 2.86 bits per heavy atom. The molecule has 0 bridgehead atoms. The molecule has 0 spiro atoms. The van der Waals surface area contributed by atoms with Crippen LogP contribution in [0.4, 0.5) is 10.2 Å². The molecule has 9 heteroatoms. The first kappa shape index (κ1) is 22.0. The Hall–Kier alpha value is -3.52. The highest BCUT2D eigenvalue weighted by Crippen LogP contribution is 2.65. The number of hydrogen-bond acceptors (Lipinski definition) is 5. The van der Waals surface area contributed by atoms with E-state index < -0.39 is 5.97 Å². The van der Waals surface area contributed by atoms with E-state index in [1.54, 1.807) is 24.4 Å². The van der Waals surface area contributed by atoms with E-state index in [2.05, 4.69) is 27.0 Å². The number of aromatic carboxylic acids is 1. The highest BCUT2D eigenvalue weighted by molar-refractivity contribution is 6.34. The van der Waals surface area contributed by atoms with E-state index in [4.69, 9.17) is 16.6 Å². The second-order valence-electron chi connectivity index (χ2n) is 9.32. The quantitative estimate of drug-likeness (QED) is 0.392. The molecule has 2 fully saturated rings. The third-order valence-corrected chi connectivity index (χ3v) is 8.16. The third kappa shape index (κ3) is 3.31. The van der Waals surface area contributed by atoms with Gasteiger partial charge in [-0.25, -0.2) is 19.2 Å². The maximum atomic E-state index is 14.7. The lowest BCUT2D eigenvalue weighted by atomic mass is 9.88. The summed E-state index contributed by atoms with van der Waals surface area (Å²) in [6, 6.07) is 11.7. The number of benzene rings is 2. The normalized spacial score (nSPS) is 23.3. The van der Waals surface area contributed by atoms with Crippen LogP contribution in [0.25, 0.3) is 22.4 Å². The van der Waals surface area contributed by atoms with Crippen molar-refractivity contribution in [1.82, 2.24) is 20.2 Å². The zero-order valence-corrected chi connectivity index (χ0v) is 19.8. The Balaban J connectivity index is 1.28. The predicted molar refractivity (Wildman–Crippen MR) is 131 cm³/mol. The van der Waals surface area contributed by atoms with Crippen molar-refractivity contribution in [2.24, 2.45) is 11.8 Å². The molecule has 0 amide bonds. The van der Waals surface area contributed by atoms with Gasteiger partial charge in [-0.1, -0.05) is 42.8 Å². The van der Waals surface area contributed by atoms with Gasteiger partial charge in [0.15, 0.2) is 0 Å². The first-order valence-electron chi connectivity index (χ1n) is 11.7. The number of piperidine rings is 1. The van der Waals surface area contributed by atoms with Gasteiger partial charge in [0.25, 0.3) is 0 Å². The molecular weight excluding hydrogens is 469 g/mol. The molecule has 3 atom stereocenters. The number of rotatable bonds is 5. The van der Waals surface area contributed by atoms with Crippen molar-refractivity contribution < 1.29 is 14.3 Å².